The lowest BCUT2D eigenvalue weighted by molar-refractivity contribution is -0.121. The van der Waals surface area contributed by atoms with Gasteiger partial charge >= 0.3 is 0 Å². The highest BCUT2D eigenvalue weighted by Gasteiger charge is 2.32. The summed E-state index contributed by atoms with van der Waals surface area (Å²) in [7, 11) is 5.26. The molecule has 10 nitrogen and oxygen atoms in total. The van der Waals surface area contributed by atoms with Gasteiger partial charge in [0.15, 0.2) is 0 Å². The van der Waals surface area contributed by atoms with E-state index < -0.39 is 11.8 Å². The minimum absolute atomic E-state index is 0.0436. The van der Waals surface area contributed by atoms with Crippen LogP contribution in [0, 0.1) is 0 Å². The van der Waals surface area contributed by atoms with Crippen LogP contribution in [0.15, 0.2) is 54.1 Å². The second-order valence-corrected chi connectivity index (χ2v) is 13.2. The maximum atomic E-state index is 13.3. The van der Waals surface area contributed by atoms with Gasteiger partial charge in [-0.15, -0.1) is 0 Å². The summed E-state index contributed by atoms with van der Waals surface area (Å²) in [5.74, 6) is -0.239. The van der Waals surface area contributed by atoms with Crippen LogP contribution in [0.25, 0.3) is 22.4 Å². The molecule has 3 amide bonds. The first-order valence-corrected chi connectivity index (χ1v) is 17.4. The minimum Gasteiger partial charge on any atom is -0.481 e. The zero-order chi connectivity index (χ0) is 35.2. The fourth-order valence-corrected chi connectivity index (χ4v) is 7.36. The number of halogens is 1. The van der Waals surface area contributed by atoms with Crippen LogP contribution in [0.5, 0.6) is 5.88 Å². The number of anilines is 1. The number of rotatable bonds is 13. The number of nitrogens with one attached hydrogen (secondary N) is 3. The molecule has 49 heavy (non-hydrogen) atoms. The molecule has 1 saturated heterocycles. The fourth-order valence-electron chi connectivity index (χ4n) is 7.04. The van der Waals surface area contributed by atoms with Crippen molar-refractivity contribution < 1.29 is 19.1 Å². The number of aryl methyl sites for hydroxylation is 1. The SMILES string of the molecule is CCC(C)c1c(NC(=O)/C(=C/CN)C(=O)NC)cccc1-c1cccc(-c2cc3c(c(OC)n2)C(N(C)CCC2CCC(=O)N2)CC3)c1Cl. The number of hydrogen-bond acceptors (Lipinski definition) is 7. The summed E-state index contributed by atoms with van der Waals surface area (Å²) >= 11 is 7.26. The summed E-state index contributed by atoms with van der Waals surface area (Å²) in [5.41, 5.74) is 12.7. The molecule has 2 heterocycles. The molecule has 0 bridgehead atoms. The van der Waals surface area contributed by atoms with E-state index >= 15 is 0 Å². The Morgan fingerprint density at radius 1 is 1.14 bits per heavy atom. The van der Waals surface area contributed by atoms with Gasteiger partial charge in [0.1, 0.15) is 5.57 Å². The van der Waals surface area contributed by atoms with Gasteiger partial charge in [0.2, 0.25) is 11.8 Å². The summed E-state index contributed by atoms with van der Waals surface area (Å²) < 4.78 is 5.91. The highest BCUT2D eigenvalue weighted by Crippen LogP contribution is 2.45. The normalized spacial score (nSPS) is 17.9. The standard InChI is InChI=1S/C38H47ClN6O4/c1-6-22(2)33-25(9-8-12-29(33)43-37(48)28(17-19-40)36(47)41-3)26-10-7-11-27(35(26)39)30-21-23-13-15-31(34(23)38(44-30)49-5)45(4)20-18-24-14-16-32(46)42-24/h7-12,17,21-22,24,31H,6,13-16,18-20,40H2,1-5H3,(H,41,47)(H,42,46)(H,43,48)/b28-17+. The molecule has 1 aromatic heterocycles. The minimum atomic E-state index is -0.532. The van der Waals surface area contributed by atoms with E-state index in [2.05, 4.69) is 47.8 Å². The van der Waals surface area contributed by atoms with E-state index in [-0.39, 0.29) is 36.0 Å². The molecule has 2 aromatic carbocycles. The van der Waals surface area contributed by atoms with Crippen LogP contribution in [0.3, 0.4) is 0 Å². The maximum absolute atomic E-state index is 13.3. The fraction of sp³-hybridized carbons (Fsp3) is 0.421. The lowest BCUT2D eigenvalue weighted by Crippen LogP contribution is -2.31. The van der Waals surface area contributed by atoms with Gasteiger partial charge < -0.3 is 26.4 Å². The highest BCUT2D eigenvalue weighted by molar-refractivity contribution is 6.36. The average Bonchev–Trinajstić information content (AvgIpc) is 3.74. The number of benzene rings is 2. The summed E-state index contributed by atoms with van der Waals surface area (Å²) in [6, 6.07) is 14.2. The van der Waals surface area contributed by atoms with Crippen LogP contribution < -0.4 is 26.4 Å². The van der Waals surface area contributed by atoms with E-state index in [1.807, 2.05) is 36.4 Å². The Balaban J connectivity index is 1.48. The van der Waals surface area contributed by atoms with Crippen LogP contribution in [-0.2, 0) is 20.8 Å². The average molecular weight is 687 g/mol. The van der Waals surface area contributed by atoms with E-state index in [1.54, 1.807) is 7.11 Å². The van der Waals surface area contributed by atoms with E-state index in [1.165, 1.54) is 18.7 Å². The summed E-state index contributed by atoms with van der Waals surface area (Å²) in [6.45, 7) is 5.11. The molecule has 2 aliphatic rings. The molecule has 3 unspecified atom stereocenters. The second-order valence-electron chi connectivity index (χ2n) is 12.8. The number of methoxy groups -OCH3 is 1. The van der Waals surface area contributed by atoms with Crippen molar-refractivity contribution in [1.82, 2.24) is 20.5 Å². The lowest BCUT2D eigenvalue weighted by Gasteiger charge is -2.27. The van der Waals surface area contributed by atoms with Gasteiger partial charge in [-0.2, -0.15) is 0 Å². The van der Waals surface area contributed by atoms with Crippen LogP contribution in [0.2, 0.25) is 5.02 Å². The maximum Gasteiger partial charge on any atom is 0.260 e. The van der Waals surface area contributed by atoms with Gasteiger partial charge in [0.05, 0.1) is 17.8 Å². The summed E-state index contributed by atoms with van der Waals surface area (Å²) in [6.07, 6.45) is 6.49. The quantitative estimate of drug-likeness (QED) is 0.102. The molecular formula is C38H47ClN6O4. The molecule has 1 aliphatic carbocycles. The Labute approximate surface area is 293 Å². The third-order valence-corrected chi connectivity index (χ3v) is 10.2. The van der Waals surface area contributed by atoms with Gasteiger partial charge in [-0.05, 0) is 73.9 Å². The van der Waals surface area contributed by atoms with E-state index in [9.17, 15) is 14.4 Å². The van der Waals surface area contributed by atoms with Crippen LogP contribution in [0.1, 0.15) is 74.6 Å². The molecule has 3 aromatic rings. The third kappa shape index (κ3) is 7.66. The third-order valence-electron chi connectivity index (χ3n) is 9.83. The molecule has 0 spiro atoms. The Hall–Kier alpha value is -4.25. The van der Waals surface area contributed by atoms with Gasteiger partial charge in [0, 0.05) is 61.0 Å². The number of carbonyl (C=O) groups excluding carboxylic acids is 3. The second kappa shape index (κ2) is 16.0. The predicted octanol–water partition coefficient (Wildman–Crippen LogP) is 5.75. The number of carbonyl (C=O) groups is 3. The van der Waals surface area contributed by atoms with Gasteiger partial charge in [-0.1, -0.05) is 61.9 Å². The largest absolute Gasteiger partial charge is 0.481 e. The molecule has 5 N–H and O–H groups in total. The monoisotopic (exact) mass is 686 g/mol. The number of likely N-dealkylation sites (N-methyl/N-ethyl adjacent to an activating group) is 1. The lowest BCUT2D eigenvalue weighted by atomic mass is 9.87. The summed E-state index contributed by atoms with van der Waals surface area (Å²) in [5, 5.41) is 9.10. The Morgan fingerprint density at radius 3 is 2.55 bits per heavy atom. The number of pyridine rings is 1. The first-order chi connectivity index (χ1) is 23.6. The number of nitrogens with two attached hydrogens (primary N) is 1. The van der Waals surface area contributed by atoms with Crippen molar-refractivity contribution >= 4 is 35.0 Å². The molecule has 5 rings (SSSR count). The van der Waals surface area contributed by atoms with Crippen molar-refractivity contribution in [3.05, 3.63) is 75.8 Å². The molecule has 1 aliphatic heterocycles. The Morgan fingerprint density at radius 2 is 1.88 bits per heavy atom. The van der Waals surface area contributed by atoms with Crippen molar-refractivity contribution in [2.45, 2.75) is 70.4 Å². The van der Waals surface area contributed by atoms with Gasteiger partial charge in [-0.3, -0.25) is 19.3 Å². The zero-order valence-corrected chi connectivity index (χ0v) is 29.7. The van der Waals surface area contributed by atoms with Crippen LogP contribution in [0.4, 0.5) is 5.69 Å². The molecular weight excluding hydrogens is 640 g/mol. The van der Waals surface area contributed by atoms with Crippen LogP contribution in [-0.4, -0.2) is 67.9 Å². The molecule has 0 saturated carbocycles. The zero-order valence-electron chi connectivity index (χ0n) is 29.0. The predicted molar refractivity (Wildman–Crippen MR) is 195 cm³/mol. The van der Waals surface area contributed by atoms with E-state index in [0.29, 0.717) is 23.0 Å². The van der Waals surface area contributed by atoms with Crippen molar-refractivity contribution in [1.29, 1.82) is 0 Å². The molecule has 3 atom stereocenters. The number of aromatic nitrogens is 1. The number of amides is 3. The van der Waals surface area contributed by atoms with Crippen molar-refractivity contribution in [3.8, 4) is 28.3 Å². The number of hydrogen-bond donors (Lipinski definition) is 4. The van der Waals surface area contributed by atoms with Crippen molar-refractivity contribution in [2.24, 2.45) is 5.73 Å². The van der Waals surface area contributed by atoms with Crippen LogP contribution >= 0.6 is 11.6 Å². The number of fused-ring (bicyclic) bond motifs is 1. The molecule has 260 valence electrons. The van der Waals surface area contributed by atoms with E-state index in [4.69, 9.17) is 27.1 Å². The van der Waals surface area contributed by atoms with Crippen molar-refractivity contribution in [3.63, 3.8) is 0 Å². The Bertz CT molecular complexity index is 1760. The topological polar surface area (TPSA) is 139 Å². The van der Waals surface area contributed by atoms with Crippen molar-refractivity contribution in [2.75, 3.05) is 39.6 Å². The van der Waals surface area contributed by atoms with Gasteiger partial charge in [-0.25, -0.2) is 4.98 Å². The summed E-state index contributed by atoms with van der Waals surface area (Å²) in [4.78, 5) is 44.7. The first kappa shape index (κ1) is 36.0. The molecule has 0 radical (unpaired) electrons. The Kier molecular flexibility index (Phi) is 11.7. The molecule has 11 heteroatoms. The highest BCUT2D eigenvalue weighted by atomic mass is 35.5. The number of nitrogens with zero attached hydrogens (tertiary/aromatic N) is 2. The number of ether oxygens (including phenoxy) is 1. The smallest absolute Gasteiger partial charge is 0.260 e. The van der Waals surface area contributed by atoms with E-state index in [0.717, 1.165) is 72.2 Å². The van der Waals surface area contributed by atoms with Gasteiger partial charge in [0.25, 0.3) is 11.8 Å². The molecule has 1 fully saturated rings. The first-order valence-electron chi connectivity index (χ1n) is 17.0.